The molecule has 0 saturated carbocycles. The molecule has 4 rings (SSSR count). The Balaban J connectivity index is 0.000000588. The Morgan fingerprint density at radius 2 is 2.06 bits per heavy atom. The Morgan fingerprint density at radius 3 is 2.71 bits per heavy atom. The van der Waals surface area contributed by atoms with Crippen molar-refractivity contribution in [2.45, 2.75) is 32.2 Å². The van der Waals surface area contributed by atoms with Crippen LogP contribution in [0.4, 0.5) is 5.69 Å². The summed E-state index contributed by atoms with van der Waals surface area (Å²) in [5.41, 5.74) is 1.78. The molecule has 2 aromatic rings. The summed E-state index contributed by atoms with van der Waals surface area (Å²) in [4.78, 5) is 32.6. The molecule has 0 bridgehead atoms. The zero-order chi connectivity index (χ0) is 24.9. The van der Waals surface area contributed by atoms with Gasteiger partial charge >= 0.3 is 0 Å². The van der Waals surface area contributed by atoms with Gasteiger partial charge in [0.05, 0.1) is 17.3 Å². The molecule has 0 radical (unpaired) electrons. The maximum absolute atomic E-state index is 13.2. The van der Waals surface area contributed by atoms with Gasteiger partial charge in [0.15, 0.2) is 0 Å². The van der Waals surface area contributed by atoms with Gasteiger partial charge in [-0.25, -0.2) is 4.98 Å². The molecule has 0 aliphatic carbocycles. The van der Waals surface area contributed by atoms with Gasteiger partial charge in [0.25, 0.3) is 0 Å². The lowest BCUT2D eigenvalue weighted by Crippen LogP contribution is -2.52. The third kappa shape index (κ3) is 6.46. The van der Waals surface area contributed by atoms with Crippen molar-refractivity contribution in [2.75, 3.05) is 51.7 Å². The lowest BCUT2D eigenvalue weighted by molar-refractivity contribution is -0.120. The number of carbonyl (C=O) groups is 2. The fraction of sp³-hybridized carbons (Fsp3) is 0.480. The first-order chi connectivity index (χ1) is 16.1. The van der Waals surface area contributed by atoms with E-state index in [1.54, 1.807) is 26.2 Å². The van der Waals surface area contributed by atoms with Gasteiger partial charge in [-0.15, -0.1) is 0 Å². The lowest BCUT2D eigenvalue weighted by Gasteiger charge is -2.32. The van der Waals surface area contributed by atoms with Gasteiger partial charge in [0.2, 0.25) is 18.2 Å². The molecule has 0 unspecified atom stereocenters. The van der Waals surface area contributed by atoms with Crippen LogP contribution in [0.3, 0.4) is 0 Å². The van der Waals surface area contributed by atoms with Crippen molar-refractivity contribution in [1.29, 1.82) is 0 Å². The van der Waals surface area contributed by atoms with Crippen molar-refractivity contribution < 1.29 is 14.3 Å². The minimum Gasteiger partial charge on any atom is -0.437 e. The van der Waals surface area contributed by atoms with Crippen molar-refractivity contribution in [1.82, 2.24) is 20.1 Å². The number of fused-ring (bicyclic) bond motifs is 1. The Kier molecular flexibility index (Phi) is 8.52. The van der Waals surface area contributed by atoms with Crippen LogP contribution in [-0.2, 0) is 15.0 Å². The molecule has 2 aliphatic heterocycles. The number of carbonyl (C=O) groups excluding carboxylic acids is 2. The smallest absolute Gasteiger partial charge is 0.241 e. The third-order valence-electron chi connectivity index (χ3n) is 5.81. The summed E-state index contributed by atoms with van der Waals surface area (Å²) in [7, 11) is 3.38. The maximum Gasteiger partial charge on any atom is 0.241 e. The van der Waals surface area contributed by atoms with E-state index in [1.165, 1.54) is 4.90 Å². The van der Waals surface area contributed by atoms with Crippen molar-refractivity contribution in [2.24, 2.45) is 0 Å². The van der Waals surface area contributed by atoms with Gasteiger partial charge in [-0.2, -0.15) is 0 Å². The Labute approximate surface area is 206 Å². The largest absolute Gasteiger partial charge is 0.437 e. The number of amides is 2. The van der Waals surface area contributed by atoms with Gasteiger partial charge in [-0.3, -0.25) is 14.5 Å². The molecule has 1 atom stereocenters. The highest BCUT2D eigenvalue weighted by molar-refractivity contribution is 6.32. The molecular weight excluding hydrogens is 454 g/mol. The van der Waals surface area contributed by atoms with E-state index in [4.69, 9.17) is 16.3 Å². The molecule has 3 heterocycles. The predicted octanol–water partition coefficient (Wildman–Crippen LogP) is 3.15. The van der Waals surface area contributed by atoms with Crippen molar-refractivity contribution in [3.63, 3.8) is 0 Å². The van der Waals surface area contributed by atoms with Gasteiger partial charge in [-0.05, 0) is 19.1 Å². The number of para-hydroxylation sites is 1. The zero-order valence-electron chi connectivity index (χ0n) is 20.5. The van der Waals surface area contributed by atoms with E-state index >= 15 is 0 Å². The van der Waals surface area contributed by atoms with E-state index in [9.17, 15) is 9.59 Å². The molecule has 9 heteroatoms. The SMILES string of the molecule is CN(C)C=O.C[C@@H]1CN(CC(=O)N2CC(C)(C)c3cnc(Oc4ccccc4Cl)cc32)CCN1. The molecule has 1 aromatic heterocycles. The van der Waals surface area contributed by atoms with Crippen molar-refractivity contribution in [3.05, 3.63) is 47.1 Å². The van der Waals surface area contributed by atoms with E-state index < -0.39 is 0 Å². The normalized spacial score (nSPS) is 19.0. The number of piperazine rings is 1. The maximum atomic E-state index is 13.2. The predicted molar refractivity (Wildman–Crippen MR) is 135 cm³/mol. The highest BCUT2D eigenvalue weighted by Crippen LogP contribution is 2.42. The van der Waals surface area contributed by atoms with E-state index in [-0.39, 0.29) is 11.3 Å². The fourth-order valence-electron chi connectivity index (χ4n) is 4.09. The molecule has 2 aliphatic rings. The first kappa shape index (κ1) is 25.9. The van der Waals surface area contributed by atoms with Crippen LogP contribution in [0.15, 0.2) is 36.5 Å². The van der Waals surface area contributed by atoms with Gasteiger partial charge in [-0.1, -0.05) is 37.6 Å². The van der Waals surface area contributed by atoms with Crippen LogP contribution < -0.4 is 15.0 Å². The Hall–Kier alpha value is -2.68. The number of ether oxygens (including phenoxy) is 1. The van der Waals surface area contributed by atoms with Crippen LogP contribution >= 0.6 is 11.6 Å². The zero-order valence-corrected chi connectivity index (χ0v) is 21.3. The number of rotatable bonds is 5. The molecule has 34 heavy (non-hydrogen) atoms. The molecule has 2 amide bonds. The monoisotopic (exact) mass is 487 g/mol. The highest BCUT2D eigenvalue weighted by Gasteiger charge is 2.39. The van der Waals surface area contributed by atoms with Gasteiger partial charge in [0, 0.05) is 69.6 Å². The van der Waals surface area contributed by atoms with E-state index in [1.807, 2.05) is 29.3 Å². The van der Waals surface area contributed by atoms with Crippen molar-refractivity contribution in [3.8, 4) is 11.6 Å². The number of anilines is 1. The van der Waals surface area contributed by atoms with E-state index in [0.717, 1.165) is 37.3 Å². The van der Waals surface area contributed by atoms with Crippen LogP contribution in [0.5, 0.6) is 11.6 Å². The number of aromatic nitrogens is 1. The Bertz CT molecular complexity index is 1010. The van der Waals surface area contributed by atoms with Crippen LogP contribution in [0.25, 0.3) is 0 Å². The minimum atomic E-state index is -0.155. The summed E-state index contributed by atoms with van der Waals surface area (Å²) in [6.07, 6.45) is 2.57. The van der Waals surface area contributed by atoms with Crippen LogP contribution in [0.2, 0.25) is 5.02 Å². The van der Waals surface area contributed by atoms with Gasteiger partial charge in [0.1, 0.15) is 5.75 Å². The average Bonchev–Trinajstić information content (AvgIpc) is 3.06. The first-order valence-electron chi connectivity index (χ1n) is 11.4. The molecule has 1 N–H and O–H groups in total. The van der Waals surface area contributed by atoms with E-state index in [2.05, 4.69) is 36.0 Å². The summed E-state index contributed by atoms with van der Waals surface area (Å²) in [6.45, 7) is 10.2. The second kappa shape index (κ2) is 11.2. The summed E-state index contributed by atoms with van der Waals surface area (Å²) < 4.78 is 5.89. The topological polar surface area (TPSA) is 78.0 Å². The molecule has 0 spiro atoms. The number of nitrogens with one attached hydrogen (secondary N) is 1. The minimum absolute atomic E-state index is 0.112. The summed E-state index contributed by atoms with van der Waals surface area (Å²) >= 11 is 6.21. The van der Waals surface area contributed by atoms with Crippen LogP contribution in [0.1, 0.15) is 26.3 Å². The lowest BCUT2D eigenvalue weighted by atomic mass is 9.88. The number of nitrogens with zero attached hydrogens (tertiary/aromatic N) is 4. The van der Waals surface area contributed by atoms with Crippen molar-refractivity contribution >= 4 is 29.6 Å². The number of hydrogen-bond acceptors (Lipinski definition) is 6. The second-order valence-corrected chi connectivity index (χ2v) is 10.0. The molecule has 1 aromatic carbocycles. The third-order valence-corrected chi connectivity index (χ3v) is 6.12. The molecular formula is C25H34ClN5O3. The number of pyridine rings is 1. The molecule has 1 saturated heterocycles. The molecule has 8 nitrogen and oxygen atoms in total. The second-order valence-electron chi connectivity index (χ2n) is 9.60. The average molecular weight is 488 g/mol. The molecule has 1 fully saturated rings. The number of halogens is 1. The number of benzene rings is 1. The highest BCUT2D eigenvalue weighted by atomic mass is 35.5. The fourth-order valence-corrected chi connectivity index (χ4v) is 4.26. The summed E-state index contributed by atoms with van der Waals surface area (Å²) in [6, 6.07) is 9.55. The summed E-state index contributed by atoms with van der Waals surface area (Å²) in [5, 5.41) is 3.94. The van der Waals surface area contributed by atoms with Crippen LogP contribution in [-0.4, -0.2) is 80.0 Å². The van der Waals surface area contributed by atoms with E-state index in [0.29, 0.717) is 35.8 Å². The standard InChI is InChI=1S/C22H27ClN4O2.C3H7NO/c1-15-12-26(9-8-24-15)13-21(28)27-14-22(2,3)16-11-25-20(10-18(16)27)29-19-7-5-4-6-17(19)23;1-4(2)3-5/h4-7,10-11,15,24H,8-9,12-14H2,1-3H3;3H,1-2H3/t15-;/m1./s1. The van der Waals surface area contributed by atoms with Gasteiger partial charge < -0.3 is 19.9 Å². The first-order valence-corrected chi connectivity index (χ1v) is 11.8. The Morgan fingerprint density at radius 1 is 1.35 bits per heavy atom. The summed E-state index contributed by atoms with van der Waals surface area (Å²) in [5.74, 6) is 1.09. The number of hydrogen-bond donors (Lipinski definition) is 1. The van der Waals surface area contributed by atoms with Crippen LogP contribution in [0, 0.1) is 0 Å². The molecule has 184 valence electrons. The quantitative estimate of drug-likeness (QED) is 0.653.